The Morgan fingerprint density at radius 1 is 1.16 bits per heavy atom. The van der Waals surface area contributed by atoms with E-state index in [1.807, 2.05) is 18.0 Å². The molecule has 7 heteroatoms. The van der Waals surface area contributed by atoms with E-state index >= 15 is 0 Å². The number of hydrogen-bond donors (Lipinski definition) is 2. The summed E-state index contributed by atoms with van der Waals surface area (Å²) in [5.41, 5.74) is 7.07. The van der Waals surface area contributed by atoms with Crippen LogP contribution in [0.4, 0.5) is 5.69 Å². The molecule has 0 aliphatic heterocycles. The molecule has 0 aliphatic rings. The summed E-state index contributed by atoms with van der Waals surface area (Å²) in [4.78, 5) is 25.3. The third-order valence-electron chi connectivity index (χ3n) is 3.91. The second kappa shape index (κ2) is 8.34. The number of halogens is 2. The van der Waals surface area contributed by atoms with Gasteiger partial charge >= 0.3 is 0 Å². The fraction of sp³-hybridized carbons (Fsp3) is 0.222. The molecule has 0 radical (unpaired) electrons. The van der Waals surface area contributed by atoms with E-state index in [4.69, 9.17) is 28.9 Å². The van der Waals surface area contributed by atoms with E-state index in [0.717, 1.165) is 5.56 Å². The molecule has 3 N–H and O–H groups in total. The number of nitrogens with one attached hydrogen (secondary N) is 1. The maximum atomic E-state index is 12.4. The molecule has 0 bridgehead atoms. The van der Waals surface area contributed by atoms with E-state index in [1.54, 1.807) is 43.3 Å². The number of carbonyl (C=O) groups excluding carboxylic acids is 2. The average Bonchev–Trinajstić information content (AvgIpc) is 2.57. The molecule has 0 saturated heterocycles. The van der Waals surface area contributed by atoms with E-state index in [1.165, 1.54) is 0 Å². The maximum absolute atomic E-state index is 12.4. The minimum atomic E-state index is -0.508. The number of rotatable bonds is 6. The van der Waals surface area contributed by atoms with Gasteiger partial charge in [-0.25, -0.2) is 0 Å². The largest absolute Gasteiger partial charge is 0.366 e. The lowest BCUT2D eigenvalue weighted by atomic mass is 10.1. The van der Waals surface area contributed by atoms with Gasteiger partial charge in [0.15, 0.2) is 0 Å². The molecule has 2 rings (SSSR count). The zero-order valence-corrected chi connectivity index (χ0v) is 15.4. The first kappa shape index (κ1) is 19.2. The van der Waals surface area contributed by atoms with Gasteiger partial charge < -0.3 is 11.1 Å². The second-order valence-electron chi connectivity index (χ2n) is 5.76. The average molecular weight is 380 g/mol. The summed E-state index contributed by atoms with van der Waals surface area (Å²) < 4.78 is 0. The summed E-state index contributed by atoms with van der Waals surface area (Å²) in [5.74, 6) is -0.676. The molecule has 0 unspecified atom stereocenters. The number of likely N-dealkylation sites (N-methyl/N-ethyl adjacent to an activating group) is 1. The molecule has 2 aromatic rings. The first-order valence-electron chi connectivity index (χ1n) is 7.63. The number of nitrogens with two attached hydrogens (primary N) is 1. The van der Waals surface area contributed by atoms with Crippen LogP contribution >= 0.6 is 23.2 Å². The van der Waals surface area contributed by atoms with Crippen LogP contribution in [0.15, 0.2) is 42.5 Å². The fourth-order valence-corrected chi connectivity index (χ4v) is 2.69. The van der Waals surface area contributed by atoms with Crippen LogP contribution < -0.4 is 11.1 Å². The Morgan fingerprint density at radius 2 is 1.80 bits per heavy atom. The number of primary amides is 1. The molecule has 132 valence electrons. The van der Waals surface area contributed by atoms with Crippen molar-refractivity contribution in [3.05, 3.63) is 63.6 Å². The van der Waals surface area contributed by atoms with Gasteiger partial charge in [-0.3, -0.25) is 14.5 Å². The summed E-state index contributed by atoms with van der Waals surface area (Å²) in [6, 6.07) is 11.3. The van der Waals surface area contributed by atoms with Gasteiger partial charge in [-0.1, -0.05) is 29.3 Å². The molecule has 25 heavy (non-hydrogen) atoms. The number of hydrogen-bond acceptors (Lipinski definition) is 3. The summed E-state index contributed by atoms with van der Waals surface area (Å²) in [7, 11) is 1.84. The minimum Gasteiger partial charge on any atom is -0.366 e. The van der Waals surface area contributed by atoms with Gasteiger partial charge in [-0.15, -0.1) is 0 Å². The zero-order valence-electron chi connectivity index (χ0n) is 13.9. The topological polar surface area (TPSA) is 75.4 Å². The van der Waals surface area contributed by atoms with Crippen molar-refractivity contribution in [3.63, 3.8) is 0 Å². The smallest absolute Gasteiger partial charge is 0.248 e. The van der Waals surface area contributed by atoms with Gasteiger partial charge in [0, 0.05) is 27.8 Å². The first-order chi connectivity index (χ1) is 11.8. The van der Waals surface area contributed by atoms with Crippen LogP contribution in [0.3, 0.4) is 0 Å². The Kier molecular flexibility index (Phi) is 6.42. The van der Waals surface area contributed by atoms with Gasteiger partial charge in [0.05, 0.1) is 6.04 Å². The molecule has 0 aliphatic carbocycles. The SMILES string of the molecule is C[C@H](C(=O)Nc1ccc(C(N)=O)cc1)N(C)Cc1ccc(Cl)cc1Cl. The molecule has 2 amide bonds. The maximum Gasteiger partial charge on any atom is 0.248 e. The Balaban J connectivity index is 1.99. The van der Waals surface area contributed by atoms with E-state index in [2.05, 4.69) is 5.32 Å². The van der Waals surface area contributed by atoms with E-state index in [9.17, 15) is 9.59 Å². The van der Waals surface area contributed by atoms with Crippen LogP contribution in [0.25, 0.3) is 0 Å². The predicted molar refractivity (Wildman–Crippen MR) is 101 cm³/mol. The molecular weight excluding hydrogens is 361 g/mol. The summed E-state index contributed by atoms with van der Waals surface area (Å²) in [5, 5.41) is 3.95. The molecule has 0 spiro atoms. The first-order valence-corrected chi connectivity index (χ1v) is 8.38. The van der Waals surface area contributed by atoms with Crippen LogP contribution in [0.1, 0.15) is 22.8 Å². The predicted octanol–water partition coefficient (Wildman–Crippen LogP) is 3.55. The molecule has 0 fully saturated rings. The number of amides is 2. The van der Waals surface area contributed by atoms with E-state index in [0.29, 0.717) is 27.8 Å². The van der Waals surface area contributed by atoms with Crippen LogP contribution in [-0.2, 0) is 11.3 Å². The quantitative estimate of drug-likeness (QED) is 0.805. The number of anilines is 1. The molecule has 0 heterocycles. The normalized spacial score (nSPS) is 12.0. The Hall–Kier alpha value is -2.08. The summed E-state index contributed by atoms with van der Waals surface area (Å²) in [6.07, 6.45) is 0. The van der Waals surface area contributed by atoms with Crippen molar-refractivity contribution in [1.29, 1.82) is 0 Å². The van der Waals surface area contributed by atoms with Crippen LogP contribution in [-0.4, -0.2) is 29.8 Å². The highest BCUT2D eigenvalue weighted by atomic mass is 35.5. The molecule has 2 aromatic carbocycles. The van der Waals surface area contributed by atoms with E-state index < -0.39 is 5.91 Å². The lowest BCUT2D eigenvalue weighted by molar-refractivity contribution is -0.120. The second-order valence-corrected chi connectivity index (χ2v) is 6.60. The monoisotopic (exact) mass is 379 g/mol. The highest BCUT2D eigenvalue weighted by molar-refractivity contribution is 6.35. The van der Waals surface area contributed by atoms with Crippen LogP contribution in [0.5, 0.6) is 0 Å². The molecule has 0 saturated carbocycles. The van der Waals surface area contributed by atoms with Gasteiger partial charge in [-0.05, 0) is 55.9 Å². The summed E-state index contributed by atoms with van der Waals surface area (Å²) in [6.45, 7) is 2.31. The minimum absolute atomic E-state index is 0.167. The highest BCUT2D eigenvalue weighted by Crippen LogP contribution is 2.22. The van der Waals surface area contributed by atoms with Crippen molar-refractivity contribution >= 4 is 40.7 Å². The van der Waals surface area contributed by atoms with Crippen molar-refractivity contribution in [2.45, 2.75) is 19.5 Å². The highest BCUT2D eigenvalue weighted by Gasteiger charge is 2.19. The van der Waals surface area contributed by atoms with Crippen molar-refractivity contribution in [2.24, 2.45) is 5.73 Å². The number of nitrogens with zero attached hydrogens (tertiary/aromatic N) is 1. The molecule has 0 aromatic heterocycles. The zero-order chi connectivity index (χ0) is 18.6. The fourth-order valence-electron chi connectivity index (χ4n) is 2.22. The third kappa shape index (κ3) is 5.19. The standard InChI is InChI=1S/C18H19Cl2N3O2/c1-11(23(2)10-13-3-6-14(19)9-16(13)20)18(25)22-15-7-4-12(5-8-15)17(21)24/h3-9,11H,10H2,1-2H3,(H2,21,24)(H,22,25)/t11-/m1/s1. The van der Waals surface area contributed by atoms with Gasteiger partial charge in [0.2, 0.25) is 11.8 Å². The number of benzene rings is 2. The lowest BCUT2D eigenvalue weighted by Crippen LogP contribution is -2.39. The third-order valence-corrected chi connectivity index (χ3v) is 4.50. The lowest BCUT2D eigenvalue weighted by Gasteiger charge is -2.24. The molecule has 5 nitrogen and oxygen atoms in total. The van der Waals surface area contributed by atoms with Crippen molar-refractivity contribution < 1.29 is 9.59 Å². The number of carbonyl (C=O) groups is 2. The van der Waals surface area contributed by atoms with Crippen LogP contribution in [0, 0.1) is 0 Å². The van der Waals surface area contributed by atoms with Gasteiger partial charge in [0.25, 0.3) is 0 Å². The van der Waals surface area contributed by atoms with E-state index in [-0.39, 0.29) is 11.9 Å². The van der Waals surface area contributed by atoms with Gasteiger partial charge in [0.1, 0.15) is 0 Å². The van der Waals surface area contributed by atoms with Crippen molar-refractivity contribution in [3.8, 4) is 0 Å². The Bertz CT molecular complexity index is 778. The molecular formula is C18H19Cl2N3O2. The van der Waals surface area contributed by atoms with Crippen molar-refractivity contribution in [2.75, 3.05) is 12.4 Å². The summed E-state index contributed by atoms with van der Waals surface area (Å²) >= 11 is 12.1. The molecule has 1 atom stereocenters. The van der Waals surface area contributed by atoms with Gasteiger partial charge in [-0.2, -0.15) is 0 Å². The van der Waals surface area contributed by atoms with Crippen LogP contribution in [0.2, 0.25) is 10.0 Å². The van der Waals surface area contributed by atoms with Crippen molar-refractivity contribution in [1.82, 2.24) is 4.90 Å². The Morgan fingerprint density at radius 3 is 2.36 bits per heavy atom. The Labute approximate surface area is 156 Å².